The van der Waals surface area contributed by atoms with E-state index in [0.717, 1.165) is 47.7 Å². The quantitative estimate of drug-likeness (QED) is 0.557. The number of fused-ring (bicyclic) bond motifs is 3. The molecule has 0 spiro atoms. The normalized spacial score (nSPS) is 20.8. The second-order valence-corrected chi connectivity index (χ2v) is 6.87. The van der Waals surface area contributed by atoms with Crippen molar-refractivity contribution < 1.29 is 14.1 Å². The van der Waals surface area contributed by atoms with Gasteiger partial charge in [0.25, 0.3) is 0 Å². The third kappa shape index (κ3) is 3.03. The zero-order valence-corrected chi connectivity index (χ0v) is 14.0. The zero-order valence-electron chi connectivity index (χ0n) is 14.0. The monoisotopic (exact) mass is 337 g/mol. The molecule has 5 nitrogen and oxygen atoms in total. The molecular weight excluding hydrogens is 316 g/mol. The average Bonchev–Trinajstić information content (AvgIpc) is 2.61. The van der Waals surface area contributed by atoms with Crippen LogP contribution >= 0.6 is 0 Å². The van der Waals surface area contributed by atoms with E-state index in [-0.39, 0.29) is 17.5 Å². The van der Waals surface area contributed by atoms with E-state index < -0.39 is 0 Å². The molecule has 2 atom stereocenters. The average molecular weight is 337 g/mol. The highest BCUT2D eigenvalue weighted by Gasteiger charge is 2.27. The Bertz CT molecular complexity index is 1010. The maximum atomic E-state index is 12.0. The number of carbonyl (C=O) groups excluding carboxylic acids is 1. The summed E-state index contributed by atoms with van der Waals surface area (Å²) in [6.07, 6.45) is 1.84. The van der Waals surface area contributed by atoms with Crippen LogP contribution in [0.1, 0.15) is 18.4 Å². The van der Waals surface area contributed by atoms with Gasteiger partial charge in [-0.1, -0.05) is 30.3 Å². The number of carbonyl (C=O) groups is 1. The van der Waals surface area contributed by atoms with E-state index in [1.807, 2.05) is 24.3 Å². The topological polar surface area (TPSA) is 77.7 Å². The van der Waals surface area contributed by atoms with Gasteiger partial charge in [0.05, 0.1) is 19.0 Å². The summed E-state index contributed by atoms with van der Waals surface area (Å²) < 4.78 is 5.42. The molecule has 1 aliphatic rings. The van der Waals surface area contributed by atoms with Crippen molar-refractivity contribution in [2.24, 2.45) is 11.7 Å². The first-order valence-corrected chi connectivity index (χ1v) is 8.69. The number of likely N-dealkylation sites (tertiary alicyclic amines) is 1. The number of nitrogens with two attached hydrogens (primary N) is 1. The third-order valence-corrected chi connectivity index (χ3v) is 5.18. The van der Waals surface area contributed by atoms with Crippen LogP contribution in [-0.4, -0.2) is 19.0 Å². The molecule has 128 valence electrons. The molecular formula is C20H21N2O3+. The highest BCUT2D eigenvalue weighted by atomic mass is 16.4. The zero-order chi connectivity index (χ0) is 17.4. The summed E-state index contributed by atoms with van der Waals surface area (Å²) in [6.45, 7) is 2.40. The van der Waals surface area contributed by atoms with E-state index in [2.05, 4.69) is 12.1 Å². The fourth-order valence-electron chi connectivity index (χ4n) is 3.98. The van der Waals surface area contributed by atoms with Crippen molar-refractivity contribution in [3.05, 3.63) is 58.4 Å². The minimum absolute atomic E-state index is 0.0770. The predicted octanol–water partition coefficient (Wildman–Crippen LogP) is 1.23. The van der Waals surface area contributed by atoms with Crippen molar-refractivity contribution in [1.82, 2.24) is 0 Å². The summed E-state index contributed by atoms with van der Waals surface area (Å²) in [4.78, 5) is 24.8. The van der Waals surface area contributed by atoms with Gasteiger partial charge in [-0.15, -0.1) is 0 Å². The number of quaternary nitrogens is 1. The van der Waals surface area contributed by atoms with Crippen molar-refractivity contribution in [3.63, 3.8) is 0 Å². The van der Waals surface area contributed by atoms with Gasteiger partial charge in [-0.3, -0.25) is 4.79 Å². The molecule has 1 aromatic heterocycles. The van der Waals surface area contributed by atoms with Crippen LogP contribution in [0.5, 0.6) is 0 Å². The van der Waals surface area contributed by atoms with Crippen LogP contribution in [0.2, 0.25) is 0 Å². The number of amides is 1. The molecule has 1 aliphatic heterocycles. The molecule has 2 heterocycles. The van der Waals surface area contributed by atoms with E-state index in [1.54, 1.807) is 6.07 Å². The molecule has 1 amide bonds. The van der Waals surface area contributed by atoms with Crippen LogP contribution < -0.4 is 16.3 Å². The maximum absolute atomic E-state index is 12.0. The maximum Gasteiger partial charge on any atom is 0.336 e. The lowest BCUT2D eigenvalue weighted by Crippen LogP contribution is -3.12. The molecule has 0 saturated carbocycles. The number of rotatable bonds is 3. The number of primary amides is 1. The highest BCUT2D eigenvalue weighted by Crippen LogP contribution is 2.27. The molecule has 0 aliphatic carbocycles. The van der Waals surface area contributed by atoms with Gasteiger partial charge in [0.2, 0.25) is 5.91 Å². The molecule has 0 bridgehead atoms. The Balaban J connectivity index is 1.79. The van der Waals surface area contributed by atoms with Gasteiger partial charge in [-0.05, 0) is 29.7 Å². The van der Waals surface area contributed by atoms with Crippen LogP contribution in [0.25, 0.3) is 21.7 Å². The molecule has 2 aromatic carbocycles. The molecule has 3 N–H and O–H groups in total. The van der Waals surface area contributed by atoms with Gasteiger partial charge < -0.3 is 15.1 Å². The van der Waals surface area contributed by atoms with Crippen molar-refractivity contribution in [2.45, 2.75) is 19.4 Å². The van der Waals surface area contributed by atoms with E-state index in [4.69, 9.17) is 10.2 Å². The fraction of sp³-hybridized carbons (Fsp3) is 0.300. The number of benzene rings is 2. The largest absolute Gasteiger partial charge is 0.423 e. The van der Waals surface area contributed by atoms with Crippen molar-refractivity contribution in [3.8, 4) is 0 Å². The van der Waals surface area contributed by atoms with Crippen LogP contribution in [0.4, 0.5) is 0 Å². The first kappa shape index (κ1) is 15.8. The fourth-order valence-corrected chi connectivity index (χ4v) is 3.98. The lowest BCUT2D eigenvalue weighted by Gasteiger charge is -2.28. The van der Waals surface area contributed by atoms with Crippen molar-refractivity contribution in [1.29, 1.82) is 0 Å². The number of nitrogens with one attached hydrogen (secondary N) is 1. The standard InChI is InChI=1S/C20H20N2O3/c21-20(24)14-5-3-9-22(11-14)12-15-10-18(23)25-17-8-7-13-4-1-2-6-16(13)19(15)17/h1-2,4,6-8,10,14H,3,5,9,11-12H2,(H2,21,24)/p+1/t14-/m0/s1. The highest BCUT2D eigenvalue weighted by molar-refractivity contribution is 6.06. The van der Waals surface area contributed by atoms with Crippen LogP contribution in [-0.2, 0) is 11.3 Å². The first-order chi connectivity index (χ1) is 12.1. The summed E-state index contributed by atoms with van der Waals surface area (Å²) in [5.41, 5.74) is 6.75. The molecule has 5 heteroatoms. The van der Waals surface area contributed by atoms with E-state index in [1.165, 1.54) is 4.90 Å². The molecule has 25 heavy (non-hydrogen) atoms. The SMILES string of the molecule is NC(=O)[C@H]1CCC[NH+](Cc2cc(=O)oc3ccc4ccccc4c23)C1. The Kier molecular flexibility index (Phi) is 4.01. The van der Waals surface area contributed by atoms with Gasteiger partial charge in [0.1, 0.15) is 12.1 Å². The minimum atomic E-state index is -0.333. The van der Waals surface area contributed by atoms with Gasteiger partial charge in [-0.25, -0.2) is 4.79 Å². The van der Waals surface area contributed by atoms with Gasteiger partial charge in [0, 0.05) is 17.0 Å². The number of piperidine rings is 1. The molecule has 1 fully saturated rings. The van der Waals surface area contributed by atoms with Crippen LogP contribution in [0.3, 0.4) is 0 Å². The molecule has 0 radical (unpaired) electrons. The van der Waals surface area contributed by atoms with Crippen molar-refractivity contribution in [2.75, 3.05) is 13.1 Å². The Morgan fingerprint density at radius 3 is 2.92 bits per heavy atom. The smallest absolute Gasteiger partial charge is 0.336 e. The Labute approximate surface area is 145 Å². The minimum Gasteiger partial charge on any atom is -0.423 e. The Hall–Kier alpha value is -2.66. The second kappa shape index (κ2) is 6.33. The lowest BCUT2D eigenvalue weighted by molar-refractivity contribution is -0.920. The predicted molar refractivity (Wildman–Crippen MR) is 96.3 cm³/mol. The number of hydrogen-bond acceptors (Lipinski definition) is 3. The van der Waals surface area contributed by atoms with Crippen molar-refractivity contribution >= 4 is 27.6 Å². The summed E-state index contributed by atoms with van der Waals surface area (Å²) in [6, 6.07) is 13.5. The summed E-state index contributed by atoms with van der Waals surface area (Å²) in [5.74, 6) is -0.299. The molecule has 1 unspecified atom stereocenters. The number of hydrogen-bond donors (Lipinski definition) is 2. The molecule has 4 rings (SSSR count). The third-order valence-electron chi connectivity index (χ3n) is 5.18. The summed E-state index contributed by atoms with van der Waals surface area (Å²) in [7, 11) is 0. The summed E-state index contributed by atoms with van der Waals surface area (Å²) in [5, 5.41) is 3.20. The van der Waals surface area contributed by atoms with E-state index in [9.17, 15) is 9.59 Å². The van der Waals surface area contributed by atoms with Gasteiger partial charge >= 0.3 is 5.63 Å². The van der Waals surface area contributed by atoms with Crippen LogP contribution in [0, 0.1) is 5.92 Å². The molecule has 3 aromatic rings. The van der Waals surface area contributed by atoms with Gasteiger partial charge in [-0.2, -0.15) is 0 Å². The Morgan fingerprint density at radius 2 is 2.08 bits per heavy atom. The van der Waals surface area contributed by atoms with E-state index >= 15 is 0 Å². The Morgan fingerprint density at radius 1 is 1.24 bits per heavy atom. The lowest BCUT2D eigenvalue weighted by atomic mass is 9.96. The second-order valence-electron chi connectivity index (χ2n) is 6.87. The van der Waals surface area contributed by atoms with Gasteiger partial charge in [0.15, 0.2) is 0 Å². The molecule has 1 saturated heterocycles. The van der Waals surface area contributed by atoms with E-state index in [0.29, 0.717) is 12.1 Å². The van der Waals surface area contributed by atoms with Crippen LogP contribution in [0.15, 0.2) is 51.7 Å². The first-order valence-electron chi connectivity index (χ1n) is 8.69. The summed E-state index contributed by atoms with van der Waals surface area (Å²) >= 11 is 0.